The Kier molecular flexibility index (Phi) is 2.05. The van der Waals surface area contributed by atoms with Crippen molar-refractivity contribution in [1.29, 1.82) is 0 Å². The summed E-state index contributed by atoms with van der Waals surface area (Å²) in [6.45, 7) is 5.24. The van der Waals surface area contributed by atoms with Crippen LogP contribution in [0.1, 0.15) is 13.3 Å². The van der Waals surface area contributed by atoms with Crippen molar-refractivity contribution in [2.45, 2.75) is 13.3 Å². The predicted octanol–water partition coefficient (Wildman–Crippen LogP) is 0.253. The number of amides is 2. The first kappa shape index (κ1) is 7.94. The highest BCUT2D eigenvalue weighted by molar-refractivity contribution is 6.03. The van der Waals surface area contributed by atoms with Crippen LogP contribution in [0, 0.1) is 0 Å². The first-order chi connectivity index (χ1) is 5.13. The second-order valence-corrected chi connectivity index (χ2v) is 2.36. The van der Waals surface area contributed by atoms with Gasteiger partial charge in [-0.1, -0.05) is 6.58 Å². The largest absolute Gasteiger partial charge is 0.279 e. The number of imide groups is 1. The van der Waals surface area contributed by atoms with Gasteiger partial charge in [0.15, 0.2) is 0 Å². The Morgan fingerprint density at radius 1 is 1.73 bits per heavy atom. The molecule has 0 radical (unpaired) electrons. The van der Waals surface area contributed by atoms with E-state index in [1.54, 1.807) is 0 Å². The maximum absolute atomic E-state index is 11.0. The van der Waals surface area contributed by atoms with Crippen LogP contribution in [0.5, 0.6) is 0 Å². The molecule has 2 amide bonds. The van der Waals surface area contributed by atoms with Gasteiger partial charge in [-0.15, -0.1) is 5.06 Å². The normalized spacial score (nSPS) is 17.2. The highest BCUT2D eigenvalue weighted by Crippen LogP contribution is 2.09. The smallest absolute Gasteiger partial charge is 0.272 e. The van der Waals surface area contributed by atoms with Crippen molar-refractivity contribution in [3.63, 3.8) is 0 Å². The van der Waals surface area contributed by atoms with Crippen LogP contribution < -0.4 is 0 Å². The van der Waals surface area contributed by atoms with Gasteiger partial charge < -0.3 is 0 Å². The first-order valence-electron chi connectivity index (χ1n) is 3.28. The summed E-state index contributed by atoms with van der Waals surface area (Å²) in [6.07, 6.45) is 0.277. The van der Waals surface area contributed by atoms with E-state index in [0.29, 0.717) is 5.57 Å². The van der Waals surface area contributed by atoms with E-state index in [0.717, 1.165) is 5.06 Å². The van der Waals surface area contributed by atoms with Gasteiger partial charge in [0.1, 0.15) is 0 Å². The summed E-state index contributed by atoms with van der Waals surface area (Å²) in [7, 11) is 0. The molecule has 0 aromatic carbocycles. The summed E-state index contributed by atoms with van der Waals surface area (Å²) >= 11 is 0. The van der Waals surface area contributed by atoms with Crippen molar-refractivity contribution in [3.05, 3.63) is 12.2 Å². The molecule has 4 nitrogen and oxygen atoms in total. The quantitative estimate of drug-likeness (QED) is 0.510. The molecular formula is C7H9NO3. The van der Waals surface area contributed by atoms with Crippen molar-refractivity contribution in [1.82, 2.24) is 5.06 Å². The van der Waals surface area contributed by atoms with Crippen molar-refractivity contribution < 1.29 is 14.4 Å². The van der Waals surface area contributed by atoms with Gasteiger partial charge in [0.25, 0.3) is 11.8 Å². The standard InChI is InChI=1S/C7H9NO3/c1-5(2)7(10)8-6(9)3-4-11-8/h1,3-4H2,2H3. The second kappa shape index (κ2) is 2.84. The molecule has 1 rings (SSSR count). The topological polar surface area (TPSA) is 46.6 Å². The molecule has 11 heavy (non-hydrogen) atoms. The maximum Gasteiger partial charge on any atom is 0.279 e. The fourth-order valence-electron chi connectivity index (χ4n) is 0.743. The molecule has 1 heterocycles. The Bertz CT molecular complexity index is 222. The second-order valence-electron chi connectivity index (χ2n) is 2.36. The lowest BCUT2D eigenvalue weighted by atomic mass is 10.3. The Labute approximate surface area is 64.4 Å². The van der Waals surface area contributed by atoms with Gasteiger partial charge >= 0.3 is 0 Å². The average molecular weight is 155 g/mol. The van der Waals surface area contributed by atoms with E-state index in [9.17, 15) is 9.59 Å². The van der Waals surface area contributed by atoms with Crippen LogP contribution in [-0.4, -0.2) is 23.5 Å². The third-order valence-electron chi connectivity index (χ3n) is 1.31. The van der Waals surface area contributed by atoms with E-state index >= 15 is 0 Å². The molecule has 0 aromatic heterocycles. The molecule has 0 aromatic rings. The van der Waals surface area contributed by atoms with Gasteiger partial charge in [-0.2, -0.15) is 0 Å². The SMILES string of the molecule is C=C(C)C(=O)N1OCCC1=O. The van der Waals surface area contributed by atoms with Crippen molar-refractivity contribution in [2.24, 2.45) is 0 Å². The zero-order valence-electron chi connectivity index (χ0n) is 6.29. The van der Waals surface area contributed by atoms with Crippen LogP contribution in [0.3, 0.4) is 0 Å². The molecule has 0 atom stereocenters. The van der Waals surface area contributed by atoms with Crippen LogP contribution in [0.2, 0.25) is 0 Å². The number of hydrogen-bond donors (Lipinski definition) is 0. The molecule has 0 aliphatic carbocycles. The predicted molar refractivity (Wildman–Crippen MR) is 37.2 cm³/mol. The summed E-state index contributed by atoms with van der Waals surface area (Å²) in [4.78, 5) is 26.7. The minimum absolute atomic E-state index is 0.277. The number of carbonyl (C=O) groups is 2. The third kappa shape index (κ3) is 1.46. The lowest BCUT2D eigenvalue weighted by Crippen LogP contribution is -2.30. The third-order valence-corrected chi connectivity index (χ3v) is 1.31. The van der Waals surface area contributed by atoms with Gasteiger partial charge in [-0.05, 0) is 6.92 Å². The van der Waals surface area contributed by atoms with Gasteiger partial charge in [0, 0.05) is 5.57 Å². The summed E-state index contributed by atoms with van der Waals surface area (Å²) in [5, 5.41) is 0.766. The lowest BCUT2D eigenvalue weighted by molar-refractivity contribution is -0.175. The van der Waals surface area contributed by atoms with Crippen LogP contribution in [0.15, 0.2) is 12.2 Å². The lowest BCUT2D eigenvalue weighted by Gasteiger charge is -2.10. The molecule has 0 bridgehead atoms. The summed E-state index contributed by atoms with van der Waals surface area (Å²) in [5.74, 6) is -0.745. The molecule has 1 saturated heterocycles. The molecular weight excluding hydrogens is 146 g/mol. The van der Waals surface area contributed by atoms with Gasteiger partial charge in [0.05, 0.1) is 13.0 Å². The molecule has 0 saturated carbocycles. The summed E-state index contributed by atoms with van der Waals surface area (Å²) < 4.78 is 0. The Balaban J connectivity index is 2.67. The monoisotopic (exact) mass is 155 g/mol. The summed E-state index contributed by atoms with van der Waals surface area (Å²) in [5.41, 5.74) is 0.306. The highest BCUT2D eigenvalue weighted by Gasteiger charge is 2.28. The van der Waals surface area contributed by atoms with Crippen LogP contribution >= 0.6 is 0 Å². The average Bonchev–Trinajstić information content (AvgIpc) is 2.33. The van der Waals surface area contributed by atoms with Gasteiger partial charge in [-0.25, -0.2) is 0 Å². The van der Waals surface area contributed by atoms with Gasteiger partial charge in [0.2, 0.25) is 0 Å². The molecule has 1 aliphatic heterocycles. The van der Waals surface area contributed by atoms with Crippen LogP contribution in [0.4, 0.5) is 0 Å². The number of carbonyl (C=O) groups excluding carboxylic acids is 2. The van der Waals surface area contributed by atoms with Crippen LogP contribution in [0.25, 0.3) is 0 Å². The fourth-order valence-corrected chi connectivity index (χ4v) is 0.743. The first-order valence-corrected chi connectivity index (χ1v) is 3.28. The van der Waals surface area contributed by atoms with E-state index in [1.165, 1.54) is 6.92 Å². The fraction of sp³-hybridized carbons (Fsp3) is 0.429. The van der Waals surface area contributed by atoms with E-state index in [4.69, 9.17) is 4.84 Å². The molecule has 0 N–H and O–H groups in total. The van der Waals surface area contributed by atoms with Crippen molar-refractivity contribution in [3.8, 4) is 0 Å². The Morgan fingerprint density at radius 3 is 2.73 bits per heavy atom. The number of rotatable bonds is 1. The molecule has 4 heteroatoms. The molecule has 0 unspecified atom stereocenters. The minimum Gasteiger partial charge on any atom is -0.272 e. The van der Waals surface area contributed by atoms with E-state index < -0.39 is 5.91 Å². The van der Waals surface area contributed by atoms with Gasteiger partial charge in [-0.3, -0.25) is 14.4 Å². The maximum atomic E-state index is 11.0. The number of hydroxylamine groups is 2. The van der Waals surface area contributed by atoms with E-state index in [-0.39, 0.29) is 18.9 Å². The zero-order valence-corrected chi connectivity index (χ0v) is 6.29. The van der Waals surface area contributed by atoms with Crippen molar-refractivity contribution in [2.75, 3.05) is 6.61 Å². The number of nitrogens with zero attached hydrogens (tertiary/aromatic N) is 1. The Hall–Kier alpha value is -1.16. The highest BCUT2D eigenvalue weighted by atomic mass is 16.7. The zero-order chi connectivity index (χ0) is 8.43. The number of hydrogen-bond acceptors (Lipinski definition) is 3. The summed E-state index contributed by atoms with van der Waals surface area (Å²) in [6, 6.07) is 0. The molecule has 0 spiro atoms. The molecule has 60 valence electrons. The van der Waals surface area contributed by atoms with Crippen LogP contribution in [-0.2, 0) is 14.4 Å². The Morgan fingerprint density at radius 2 is 2.36 bits per heavy atom. The molecule has 1 fully saturated rings. The minimum atomic E-state index is -0.451. The van der Waals surface area contributed by atoms with Crippen molar-refractivity contribution >= 4 is 11.8 Å². The molecule has 1 aliphatic rings. The van der Waals surface area contributed by atoms with E-state index in [1.807, 2.05) is 0 Å². The van der Waals surface area contributed by atoms with E-state index in [2.05, 4.69) is 6.58 Å².